The zero-order valence-corrected chi connectivity index (χ0v) is 18.8. The minimum absolute atomic E-state index is 0.0919. The van der Waals surface area contributed by atoms with Gasteiger partial charge in [0.05, 0.1) is 27.6 Å². The molecule has 0 aliphatic carbocycles. The van der Waals surface area contributed by atoms with Crippen molar-refractivity contribution in [3.63, 3.8) is 0 Å². The van der Waals surface area contributed by atoms with Crippen molar-refractivity contribution >= 4 is 27.6 Å². The number of hydrogen-bond donors (Lipinski definition) is 3. The monoisotopic (exact) mass is 448 g/mol. The van der Waals surface area contributed by atoms with Crippen LogP contribution in [0.25, 0.3) is 33.3 Å². The maximum atomic E-state index is 14.4. The number of nitrogens with two attached hydrogens (primary N) is 1. The van der Waals surface area contributed by atoms with Crippen molar-refractivity contribution in [2.45, 2.75) is 19.8 Å². The van der Waals surface area contributed by atoms with Gasteiger partial charge in [-0.1, -0.05) is 19.1 Å². The Morgan fingerprint density at radius 2 is 1.85 bits per heavy atom. The summed E-state index contributed by atoms with van der Waals surface area (Å²) in [7, 11) is 0. The highest BCUT2D eigenvalue weighted by Gasteiger charge is 2.18. The number of hydrogen-bond acceptors (Lipinski definition) is 5. The number of likely N-dealkylation sites (N-methyl/N-ethyl adjacent to an activating group) is 1. The van der Waals surface area contributed by atoms with Gasteiger partial charge in [-0.15, -0.1) is 0 Å². The van der Waals surface area contributed by atoms with E-state index in [2.05, 4.69) is 43.8 Å². The van der Waals surface area contributed by atoms with E-state index in [1.807, 2.05) is 6.07 Å². The number of piperazine rings is 1. The Kier molecular flexibility index (Phi) is 5.86. The Labute approximate surface area is 191 Å². The number of anilines is 1. The summed E-state index contributed by atoms with van der Waals surface area (Å²) in [5, 5.41) is 0.202. The van der Waals surface area contributed by atoms with E-state index in [0.717, 1.165) is 63.1 Å². The molecule has 2 aromatic carbocycles. The zero-order chi connectivity index (χ0) is 22.9. The molecule has 0 saturated carbocycles. The van der Waals surface area contributed by atoms with E-state index in [1.54, 1.807) is 12.1 Å². The predicted molar refractivity (Wildman–Crippen MR) is 131 cm³/mol. The van der Waals surface area contributed by atoms with Gasteiger partial charge in [0.25, 0.3) is 5.56 Å². The number of nitrogens with zero attached hydrogens (tertiary/aromatic N) is 3. The third-order valence-electron chi connectivity index (χ3n) is 6.66. The molecule has 33 heavy (non-hydrogen) atoms. The van der Waals surface area contributed by atoms with Crippen LogP contribution < -0.4 is 11.3 Å². The number of H-pyrrole nitrogens is 2. The fraction of sp³-hybridized carbons (Fsp3) is 0.360. The van der Waals surface area contributed by atoms with Crippen molar-refractivity contribution in [3.05, 3.63) is 58.1 Å². The lowest BCUT2D eigenvalue weighted by Crippen LogP contribution is -2.46. The molecule has 1 saturated heterocycles. The standard InChI is InChI=1S/C25H29FN6O/c1-2-31-11-13-32(14-12-31)10-4-5-16-8-9-18-20(15-16)29-24(28-18)22-23(27)21-17(26)6-3-7-19(21)30-25(22)33/h3,6-9,15H,2,4-5,10-14H2,1H3,(H,28,29)(H3,27,30,33). The summed E-state index contributed by atoms with van der Waals surface area (Å²) in [4.78, 5) is 28.3. The van der Waals surface area contributed by atoms with Crippen molar-refractivity contribution in [3.8, 4) is 11.4 Å². The second kappa shape index (κ2) is 8.96. The molecule has 2 aromatic heterocycles. The molecule has 3 heterocycles. The number of aromatic nitrogens is 3. The average molecular weight is 449 g/mol. The van der Waals surface area contributed by atoms with E-state index in [-0.39, 0.29) is 16.6 Å². The quantitative estimate of drug-likeness (QED) is 0.421. The van der Waals surface area contributed by atoms with Crippen LogP contribution in [0.15, 0.2) is 41.2 Å². The normalized spacial score (nSPS) is 15.6. The van der Waals surface area contributed by atoms with Gasteiger partial charge in [-0.2, -0.15) is 0 Å². The lowest BCUT2D eigenvalue weighted by Gasteiger charge is -2.33. The van der Waals surface area contributed by atoms with Crippen LogP contribution in [0.5, 0.6) is 0 Å². The van der Waals surface area contributed by atoms with E-state index in [0.29, 0.717) is 11.3 Å². The fourth-order valence-electron chi connectivity index (χ4n) is 4.73. The van der Waals surface area contributed by atoms with Gasteiger partial charge in [0, 0.05) is 26.2 Å². The summed E-state index contributed by atoms with van der Waals surface area (Å²) >= 11 is 0. The van der Waals surface area contributed by atoms with E-state index >= 15 is 0 Å². The predicted octanol–water partition coefficient (Wildman–Crippen LogP) is 3.36. The van der Waals surface area contributed by atoms with Gasteiger partial charge in [-0.25, -0.2) is 9.37 Å². The molecule has 172 valence electrons. The van der Waals surface area contributed by atoms with Gasteiger partial charge in [0.15, 0.2) is 0 Å². The lowest BCUT2D eigenvalue weighted by molar-refractivity contribution is 0.136. The van der Waals surface area contributed by atoms with E-state index < -0.39 is 11.4 Å². The van der Waals surface area contributed by atoms with Gasteiger partial charge in [0.2, 0.25) is 0 Å². The third-order valence-corrected chi connectivity index (χ3v) is 6.66. The van der Waals surface area contributed by atoms with Gasteiger partial charge < -0.3 is 25.5 Å². The Morgan fingerprint density at radius 3 is 2.64 bits per heavy atom. The molecule has 0 unspecified atom stereocenters. The summed E-state index contributed by atoms with van der Waals surface area (Å²) in [5.41, 5.74) is 9.26. The van der Waals surface area contributed by atoms with Gasteiger partial charge >= 0.3 is 0 Å². The SMILES string of the molecule is CCN1CCN(CCCc2ccc3[nH]c(-c4c(N)c5c(F)cccc5[nH]c4=O)nc3c2)CC1. The number of aryl methyl sites for hydroxylation is 1. The molecule has 4 aromatic rings. The first kappa shape index (κ1) is 21.6. The van der Waals surface area contributed by atoms with E-state index in [1.165, 1.54) is 11.6 Å². The number of benzene rings is 2. The van der Waals surface area contributed by atoms with Crippen LogP contribution in [0.4, 0.5) is 10.1 Å². The highest BCUT2D eigenvalue weighted by Crippen LogP contribution is 2.30. The minimum Gasteiger partial charge on any atom is -0.397 e. The van der Waals surface area contributed by atoms with Gasteiger partial charge in [-0.3, -0.25) is 4.79 Å². The zero-order valence-electron chi connectivity index (χ0n) is 18.8. The summed E-state index contributed by atoms with van der Waals surface area (Å²) in [6.45, 7) is 9.02. The molecule has 0 atom stereocenters. The first-order chi connectivity index (χ1) is 16.0. The second-order valence-electron chi connectivity index (χ2n) is 8.72. The van der Waals surface area contributed by atoms with Crippen LogP contribution in [-0.4, -0.2) is 64.0 Å². The van der Waals surface area contributed by atoms with Crippen LogP contribution in [0, 0.1) is 5.82 Å². The highest BCUT2D eigenvalue weighted by molar-refractivity contribution is 5.98. The van der Waals surface area contributed by atoms with Crippen LogP contribution in [0.2, 0.25) is 0 Å². The van der Waals surface area contributed by atoms with Crippen molar-refractivity contribution < 1.29 is 4.39 Å². The maximum absolute atomic E-state index is 14.4. The Bertz CT molecular complexity index is 1350. The highest BCUT2D eigenvalue weighted by atomic mass is 19.1. The molecule has 0 bridgehead atoms. The van der Waals surface area contributed by atoms with Crippen LogP contribution in [0.1, 0.15) is 18.9 Å². The number of pyridine rings is 1. The molecule has 5 rings (SSSR count). The Morgan fingerprint density at radius 1 is 1.06 bits per heavy atom. The molecule has 0 spiro atoms. The summed E-state index contributed by atoms with van der Waals surface area (Å²) < 4.78 is 14.4. The summed E-state index contributed by atoms with van der Waals surface area (Å²) in [6, 6.07) is 10.6. The number of imidazole rings is 1. The minimum atomic E-state index is -0.475. The van der Waals surface area contributed by atoms with Crippen molar-refractivity contribution in [2.75, 3.05) is 45.0 Å². The summed E-state index contributed by atoms with van der Waals surface area (Å²) in [5.74, 6) is -0.128. The molecule has 8 heteroatoms. The summed E-state index contributed by atoms with van der Waals surface area (Å²) in [6.07, 6.45) is 2.06. The largest absolute Gasteiger partial charge is 0.397 e. The van der Waals surface area contributed by atoms with E-state index in [9.17, 15) is 9.18 Å². The number of aromatic amines is 2. The van der Waals surface area contributed by atoms with Crippen LogP contribution >= 0.6 is 0 Å². The maximum Gasteiger partial charge on any atom is 0.261 e. The van der Waals surface area contributed by atoms with E-state index in [4.69, 9.17) is 5.73 Å². The molecule has 0 radical (unpaired) electrons. The second-order valence-corrected chi connectivity index (χ2v) is 8.72. The fourth-order valence-corrected chi connectivity index (χ4v) is 4.73. The Hall–Kier alpha value is -3.23. The van der Waals surface area contributed by atoms with Crippen LogP contribution in [-0.2, 0) is 6.42 Å². The molecule has 1 aliphatic heterocycles. The Balaban J connectivity index is 1.35. The first-order valence-electron chi connectivity index (χ1n) is 11.6. The van der Waals surface area contributed by atoms with Crippen molar-refractivity contribution in [1.82, 2.24) is 24.8 Å². The topological polar surface area (TPSA) is 94.0 Å². The number of halogens is 1. The number of nitrogens with one attached hydrogen (secondary N) is 2. The molecular weight excluding hydrogens is 419 g/mol. The molecule has 4 N–H and O–H groups in total. The third kappa shape index (κ3) is 4.24. The van der Waals surface area contributed by atoms with Crippen molar-refractivity contribution in [2.24, 2.45) is 0 Å². The van der Waals surface area contributed by atoms with Crippen molar-refractivity contribution in [1.29, 1.82) is 0 Å². The number of rotatable bonds is 6. The lowest BCUT2D eigenvalue weighted by atomic mass is 10.1. The first-order valence-corrected chi connectivity index (χ1v) is 11.6. The molecule has 7 nitrogen and oxygen atoms in total. The van der Waals surface area contributed by atoms with Gasteiger partial charge in [-0.05, 0) is 55.8 Å². The molecule has 1 fully saturated rings. The number of fused-ring (bicyclic) bond motifs is 2. The average Bonchev–Trinajstić information content (AvgIpc) is 3.22. The number of nitrogen functional groups attached to an aromatic ring is 1. The molecule has 0 amide bonds. The van der Waals surface area contributed by atoms with Gasteiger partial charge in [0.1, 0.15) is 17.2 Å². The molecule has 1 aliphatic rings. The molecular formula is C25H29FN6O. The van der Waals surface area contributed by atoms with Crippen LogP contribution in [0.3, 0.4) is 0 Å². The smallest absolute Gasteiger partial charge is 0.261 e.